The first kappa shape index (κ1) is 14.8. The lowest BCUT2D eigenvalue weighted by molar-refractivity contribution is 0.204. The van der Waals surface area contributed by atoms with Gasteiger partial charge in [0.2, 0.25) is 0 Å². The zero-order valence-electron chi connectivity index (χ0n) is 12.5. The van der Waals surface area contributed by atoms with Gasteiger partial charge in [-0.3, -0.25) is 0 Å². The molecule has 2 heterocycles. The summed E-state index contributed by atoms with van der Waals surface area (Å²) in [5.74, 6) is 1.53. The number of hydrogen-bond acceptors (Lipinski definition) is 4. The van der Waals surface area contributed by atoms with Gasteiger partial charge in [0.25, 0.3) is 0 Å². The molecule has 0 fully saturated rings. The second-order valence-electron chi connectivity index (χ2n) is 5.35. The molecule has 0 saturated carbocycles. The summed E-state index contributed by atoms with van der Waals surface area (Å²) in [7, 11) is 1.72. The Morgan fingerprint density at radius 3 is 2.85 bits per heavy atom. The van der Waals surface area contributed by atoms with Crippen LogP contribution in [0, 0.1) is 5.92 Å². The van der Waals surface area contributed by atoms with Gasteiger partial charge in [0.1, 0.15) is 5.65 Å². The summed E-state index contributed by atoms with van der Waals surface area (Å²) in [6.45, 7) is 7.34. The van der Waals surface area contributed by atoms with Crippen molar-refractivity contribution < 1.29 is 4.74 Å². The third-order valence-electron chi connectivity index (χ3n) is 3.25. The van der Waals surface area contributed by atoms with Crippen LogP contribution in [0.2, 0.25) is 0 Å². The first-order valence-electron chi connectivity index (χ1n) is 7.07. The van der Waals surface area contributed by atoms with Crippen molar-refractivity contribution in [2.24, 2.45) is 11.7 Å². The van der Waals surface area contributed by atoms with Gasteiger partial charge in [-0.2, -0.15) is 0 Å². The summed E-state index contributed by atoms with van der Waals surface area (Å²) >= 11 is 0. The molecule has 20 heavy (non-hydrogen) atoms. The van der Waals surface area contributed by atoms with Gasteiger partial charge < -0.3 is 19.8 Å². The van der Waals surface area contributed by atoms with E-state index in [1.54, 1.807) is 7.11 Å². The minimum Gasteiger partial charge on any atom is -0.383 e. The van der Waals surface area contributed by atoms with E-state index in [9.17, 15) is 0 Å². The van der Waals surface area contributed by atoms with Crippen LogP contribution < -0.4 is 10.6 Å². The third kappa shape index (κ3) is 3.11. The minimum atomic E-state index is 0.474. The average molecular weight is 276 g/mol. The predicted octanol–water partition coefficient (Wildman–Crippen LogP) is 1.90. The summed E-state index contributed by atoms with van der Waals surface area (Å²) in [5.41, 5.74) is 7.93. The molecular weight excluding hydrogens is 252 g/mol. The van der Waals surface area contributed by atoms with E-state index in [0.717, 1.165) is 30.2 Å². The van der Waals surface area contributed by atoms with E-state index in [2.05, 4.69) is 23.1 Å². The molecule has 0 saturated heterocycles. The molecule has 0 spiro atoms. The lowest BCUT2D eigenvalue weighted by atomic mass is 10.2. The number of nitrogens with two attached hydrogens (primary N) is 1. The molecule has 0 amide bonds. The van der Waals surface area contributed by atoms with Gasteiger partial charge in [0.05, 0.1) is 12.3 Å². The predicted molar refractivity (Wildman–Crippen MR) is 82.0 cm³/mol. The van der Waals surface area contributed by atoms with Gasteiger partial charge in [0.15, 0.2) is 5.82 Å². The van der Waals surface area contributed by atoms with Crippen molar-refractivity contribution in [2.45, 2.75) is 20.4 Å². The molecule has 0 unspecified atom stereocenters. The number of methoxy groups -OCH3 is 1. The fourth-order valence-corrected chi connectivity index (χ4v) is 2.40. The van der Waals surface area contributed by atoms with Crippen LogP contribution in [0.4, 0.5) is 5.82 Å². The van der Waals surface area contributed by atoms with Crippen LogP contribution in [0.3, 0.4) is 0 Å². The van der Waals surface area contributed by atoms with E-state index in [4.69, 9.17) is 15.5 Å². The molecule has 2 N–H and O–H groups in total. The smallest absolute Gasteiger partial charge is 0.152 e. The number of imidazole rings is 1. The van der Waals surface area contributed by atoms with Crippen molar-refractivity contribution in [1.82, 2.24) is 9.38 Å². The number of fused-ring (bicyclic) bond motifs is 1. The maximum absolute atomic E-state index is 5.94. The van der Waals surface area contributed by atoms with Crippen molar-refractivity contribution in [1.29, 1.82) is 0 Å². The molecular formula is C15H24N4O. The molecule has 0 bridgehead atoms. The van der Waals surface area contributed by atoms with Crippen LogP contribution in [0.1, 0.15) is 19.5 Å². The van der Waals surface area contributed by atoms with Gasteiger partial charge in [-0.15, -0.1) is 0 Å². The molecule has 0 radical (unpaired) electrons. The minimum absolute atomic E-state index is 0.474. The number of aromatic nitrogens is 2. The zero-order valence-corrected chi connectivity index (χ0v) is 12.5. The summed E-state index contributed by atoms with van der Waals surface area (Å²) in [4.78, 5) is 7.01. The molecule has 0 atom stereocenters. The van der Waals surface area contributed by atoms with E-state index in [1.165, 1.54) is 0 Å². The van der Waals surface area contributed by atoms with Crippen LogP contribution in [0.25, 0.3) is 5.65 Å². The molecule has 2 aromatic heterocycles. The standard InChI is InChI=1S/C15H24N4O/c1-12(2)11-18(8-9-20-3)15-13(10-16)19-7-5-4-6-14(19)17-15/h4-7,12H,8-11,16H2,1-3H3. The second kappa shape index (κ2) is 6.72. The number of hydrogen-bond donors (Lipinski definition) is 1. The Bertz CT molecular complexity index is 550. The van der Waals surface area contributed by atoms with Gasteiger partial charge in [-0.1, -0.05) is 19.9 Å². The Morgan fingerprint density at radius 2 is 2.20 bits per heavy atom. The van der Waals surface area contributed by atoms with Crippen LogP contribution in [0.15, 0.2) is 24.4 Å². The van der Waals surface area contributed by atoms with Crippen LogP contribution in [-0.4, -0.2) is 36.2 Å². The van der Waals surface area contributed by atoms with Crippen LogP contribution >= 0.6 is 0 Å². The maximum Gasteiger partial charge on any atom is 0.152 e. The monoisotopic (exact) mass is 276 g/mol. The topological polar surface area (TPSA) is 55.8 Å². The summed E-state index contributed by atoms with van der Waals surface area (Å²) < 4.78 is 7.28. The number of pyridine rings is 1. The molecule has 5 nitrogen and oxygen atoms in total. The molecule has 0 aliphatic carbocycles. The first-order valence-corrected chi connectivity index (χ1v) is 7.07. The van der Waals surface area contributed by atoms with Gasteiger partial charge in [0, 0.05) is 32.9 Å². The highest BCUT2D eigenvalue weighted by Gasteiger charge is 2.17. The molecule has 0 aliphatic heterocycles. The number of anilines is 1. The van der Waals surface area contributed by atoms with Crippen LogP contribution in [0.5, 0.6) is 0 Å². The molecule has 0 aliphatic rings. The van der Waals surface area contributed by atoms with E-state index in [-0.39, 0.29) is 0 Å². The van der Waals surface area contributed by atoms with Gasteiger partial charge in [-0.05, 0) is 18.1 Å². The molecule has 0 aromatic carbocycles. The van der Waals surface area contributed by atoms with E-state index < -0.39 is 0 Å². The highest BCUT2D eigenvalue weighted by atomic mass is 16.5. The first-order chi connectivity index (χ1) is 9.67. The average Bonchev–Trinajstić information content (AvgIpc) is 2.81. The summed E-state index contributed by atoms with van der Waals surface area (Å²) in [5, 5.41) is 0. The Labute approximate surface area is 120 Å². The molecule has 110 valence electrons. The molecule has 5 heteroatoms. The second-order valence-corrected chi connectivity index (χ2v) is 5.35. The summed E-state index contributed by atoms with van der Waals surface area (Å²) in [6, 6.07) is 6.00. The maximum atomic E-state index is 5.94. The third-order valence-corrected chi connectivity index (χ3v) is 3.25. The lowest BCUT2D eigenvalue weighted by Crippen LogP contribution is -2.32. The van der Waals surface area contributed by atoms with Crippen molar-refractivity contribution in [3.63, 3.8) is 0 Å². The van der Waals surface area contributed by atoms with E-state index >= 15 is 0 Å². The number of nitrogens with zero attached hydrogens (tertiary/aromatic N) is 3. The Morgan fingerprint density at radius 1 is 1.40 bits per heavy atom. The normalized spacial score (nSPS) is 11.4. The zero-order chi connectivity index (χ0) is 14.5. The largest absolute Gasteiger partial charge is 0.383 e. The lowest BCUT2D eigenvalue weighted by Gasteiger charge is -2.25. The van der Waals surface area contributed by atoms with Crippen molar-refractivity contribution in [2.75, 3.05) is 31.7 Å². The van der Waals surface area contributed by atoms with Crippen molar-refractivity contribution >= 4 is 11.5 Å². The Kier molecular flexibility index (Phi) is 4.98. The molecule has 2 aromatic rings. The van der Waals surface area contributed by atoms with Gasteiger partial charge in [-0.25, -0.2) is 4.98 Å². The fraction of sp³-hybridized carbons (Fsp3) is 0.533. The van der Waals surface area contributed by atoms with E-state index in [0.29, 0.717) is 19.1 Å². The Hall–Kier alpha value is -1.59. The van der Waals surface area contributed by atoms with Gasteiger partial charge >= 0.3 is 0 Å². The van der Waals surface area contributed by atoms with Crippen molar-refractivity contribution in [3.8, 4) is 0 Å². The fourth-order valence-electron chi connectivity index (χ4n) is 2.40. The SMILES string of the molecule is COCCN(CC(C)C)c1nc2ccccn2c1CN. The number of ether oxygens (including phenoxy) is 1. The Balaban J connectivity index is 2.40. The summed E-state index contributed by atoms with van der Waals surface area (Å²) in [6.07, 6.45) is 2.01. The number of rotatable bonds is 7. The highest BCUT2D eigenvalue weighted by molar-refractivity contribution is 5.56. The quantitative estimate of drug-likeness (QED) is 0.839. The highest BCUT2D eigenvalue weighted by Crippen LogP contribution is 2.22. The van der Waals surface area contributed by atoms with Crippen LogP contribution in [-0.2, 0) is 11.3 Å². The molecule has 2 rings (SSSR count). The van der Waals surface area contributed by atoms with Crippen molar-refractivity contribution in [3.05, 3.63) is 30.1 Å². The van der Waals surface area contributed by atoms with E-state index in [1.807, 2.05) is 24.4 Å².